The van der Waals surface area contributed by atoms with E-state index < -0.39 is 0 Å². The normalized spacial score (nSPS) is 29.5. The van der Waals surface area contributed by atoms with Crippen molar-refractivity contribution in [2.75, 3.05) is 6.61 Å². The summed E-state index contributed by atoms with van der Waals surface area (Å²) in [6.45, 7) is 4.96. The van der Waals surface area contributed by atoms with E-state index >= 15 is 0 Å². The second-order valence-electron chi connectivity index (χ2n) is 4.56. The molecule has 13 heavy (non-hydrogen) atoms. The molecule has 1 atom stereocenters. The van der Waals surface area contributed by atoms with Crippen LogP contribution in [0, 0.1) is 5.92 Å². The highest BCUT2D eigenvalue weighted by molar-refractivity contribution is 6.27. The molecule has 0 bridgehead atoms. The van der Waals surface area contributed by atoms with Crippen LogP contribution in [0.4, 0.5) is 0 Å². The average molecular weight is 200 g/mol. The third-order valence-electron chi connectivity index (χ3n) is 2.65. The Morgan fingerprint density at radius 3 is 2.69 bits per heavy atom. The van der Waals surface area contributed by atoms with Crippen molar-refractivity contribution in [3.05, 3.63) is 0 Å². The Bertz CT molecular complexity index is 183. The number of hydrogen-bond donors (Lipinski definition) is 0. The number of ketones is 1. The lowest BCUT2D eigenvalue weighted by Gasteiger charge is -2.33. The average Bonchev–Trinajstić information content (AvgIpc) is 2.04. The minimum atomic E-state index is -0.331. The van der Waals surface area contributed by atoms with Gasteiger partial charge in [0, 0.05) is 13.0 Å². The molecular weight excluding hydrogens is 180 g/mol. The van der Waals surface area contributed by atoms with Crippen molar-refractivity contribution >= 4 is 16.0 Å². The molecule has 0 aliphatic carbocycles. The van der Waals surface area contributed by atoms with Crippen LogP contribution in [0.3, 0.4) is 0 Å². The molecule has 0 N–H and O–H groups in total. The van der Waals surface area contributed by atoms with Gasteiger partial charge in [-0.25, -0.2) is 0 Å². The maximum absolute atomic E-state index is 11.8. The number of hydrogen-bond acceptors (Lipinski definition) is 2. The summed E-state index contributed by atoms with van der Waals surface area (Å²) in [4.78, 5) is 11.8. The van der Waals surface area contributed by atoms with Crippen LogP contribution in [0.15, 0.2) is 0 Å². The summed E-state index contributed by atoms with van der Waals surface area (Å²) in [6, 6.07) is 0. The third-order valence-corrected chi connectivity index (χ3v) is 4.00. The standard InChI is InChI=1S/C10H20O2Si/c1-8(2)7-9(11)10(13)5-3-4-6-12-10/h8H,3-7H2,1-2,13H3. The van der Waals surface area contributed by atoms with Gasteiger partial charge >= 0.3 is 0 Å². The lowest BCUT2D eigenvalue weighted by molar-refractivity contribution is -0.139. The Labute approximate surface area is 83.5 Å². The molecule has 2 nitrogen and oxygen atoms in total. The van der Waals surface area contributed by atoms with E-state index in [1.54, 1.807) is 0 Å². The Morgan fingerprint density at radius 1 is 1.54 bits per heavy atom. The van der Waals surface area contributed by atoms with E-state index in [4.69, 9.17) is 4.74 Å². The number of carbonyl (C=O) groups excluding carboxylic acids is 1. The van der Waals surface area contributed by atoms with Crippen LogP contribution >= 0.6 is 0 Å². The zero-order valence-electron chi connectivity index (χ0n) is 8.93. The predicted octanol–water partition coefficient (Wildman–Crippen LogP) is 0.864. The summed E-state index contributed by atoms with van der Waals surface area (Å²) in [5.41, 5.74) is 0. The fourth-order valence-electron chi connectivity index (χ4n) is 1.74. The lowest BCUT2D eigenvalue weighted by Crippen LogP contribution is -2.45. The van der Waals surface area contributed by atoms with Gasteiger partial charge in [-0.3, -0.25) is 4.79 Å². The molecule has 0 aromatic carbocycles. The van der Waals surface area contributed by atoms with Gasteiger partial charge in [-0.1, -0.05) is 13.8 Å². The van der Waals surface area contributed by atoms with Crippen molar-refractivity contribution in [1.82, 2.24) is 0 Å². The molecule has 0 aromatic heterocycles. The first-order valence-corrected chi connectivity index (χ1v) is 6.22. The summed E-state index contributed by atoms with van der Waals surface area (Å²) >= 11 is 0. The van der Waals surface area contributed by atoms with Crippen LogP contribution < -0.4 is 0 Å². The van der Waals surface area contributed by atoms with Gasteiger partial charge in [0.25, 0.3) is 0 Å². The number of rotatable bonds is 3. The highest BCUT2D eigenvalue weighted by Gasteiger charge is 2.35. The first-order valence-electron chi connectivity index (χ1n) is 5.22. The Kier molecular flexibility index (Phi) is 3.68. The largest absolute Gasteiger partial charge is 0.372 e. The molecule has 1 aliphatic rings. The maximum atomic E-state index is 11.8. The molecule has 1 saturated heterocycles. The molecule has 0 spiro atoms. The van der Waals surface area contributed by atoms with Crippen LogP contribution in [-0.2, 0) is 9.53 Å². The quantitative estimate of drug-likeness (QED) is 0.632. The molecule has 1 aliphatic heterocycles. The van der Waals surface area contributed by atoms with Gasteiger partial charge in [0.2, 0.25) is 0 Å². The first kappa shape index (κ1) is 10.9. The highest BCUT2D eigenvalue weighted by Crippen LogP contribution is 2.25. The van der Waals surface area contributed by atoms with Gasteiger partial charge in [0.05, 0.1) is 10.2 Å². The summed E-state index contributed by atoms with van der Waals surface area (Å²) in [7, 11) is 0.848. The van der Waals surface area contributed by atoms with Crippen molar-refractivity contribution in [1.29, 1.82) is 0 Å². The Balaban J connectivity index is 2.51. The molecule has 0 aromatic rings. The topological polar surface area (TPSA) is 26.3 Å². The first-order chi connectivity index (χ1) is 6.04. The highest BCUT2D eigenvalue weighted by atomic mass is 28.1. The zero-order valence-corrected chi connectivity index (χ0v) is 10.9. The molecule has 1 rings (SSSR count). The fraction of sp³-hybridized carbons (Fsp3) is 0.900. The summed E-state index contributed by atoms with van der Waals surface area (Å²) in [6.07, 6.45) is 3.93. The Morgan fingerprint density at radius 2 is 2.23 bits per heavy atom. The Hall–Kier alpha value is -0.153. The molecule has 76 valence electrons. The second kappa shape index (κ2) is 4.38. The van der Waals surface area contributed by atoms with Gasteiger partial charge in [0.15, 0.2) is 5.78 Å². The number of carbonyl (C=O) groups is 1. The van der Waals surface area contributed by atoms with Crippen molar-refractivity contribution < 1.29 is 9.53 Å². The summed E-state index contributed by atoms with van der Waals surface area (Å²) in [5.74, 6) is 0.803. The van der Waals surface area contributed by atoms with Crippen LogP contribution in [0.25, 0.3) is 0 Å². The van der Waals surface area contributed by atoms with Crippen LogP contribution in [-0.4, -0.2) is 27.9 Å². The minimum absolute atomic E-state index is 0.331. The smallest absolute Gasteiger partial charge is 0.160 e. The van der Waals surface area contributed by atoms with Crippen LogP contribution in [0.2, 0.25) is 0 Å². The lowest BCUT2D eigenvalue weighted by atomic mass is 9.97. The van der Waals surface area contributed by atoms with Crippen molar-refractivity contribution in [2.45, 2.75) is 44.8 Å². The molecule has 1 heterocycles. The van der Waals surface area contributed by atoms with Gasteiger partial charge in [-0.15, -0.1) is 0 Å². The molecule has 1 unspecified atom stereocenters. The maximum Gasteiger partial charge on any atom is 0.160 e. The minimum Gasteiger partial charge on any atom is -0.372 e. The monoisotopic (exact) mass is 200 g/mol. The predicted molar refractivity (Wildman–Crippen MR) is 56.9 cm³/mol. The van der Waals surface area contributed by atoms with E-state index in [1.807, 2.05) is 0 Å². The van der Waals surface area contributed by atoms with E-state index in [1.165, 1.54) is 0 Å². The molecular formula is C10H20O2Si. The zero-order chi connectivity index (χ0) is 9.90. The summed E-state index contributed by atoms with van der Waals surface area (Å²) < 4.78 is 5.64. The van der Waals surface area contributed by atoms with E-state index in [0.29, 0.717) is 18.1 Å². The molecule has 0 amide bonds. The molecule has 0 radical (unpaired) electrons. The molecule has 1 fully saturated rings. The van der Waals surface area contributed by atoms with Gasteiger partial charge < -0.3 is 4.74 Å². The van der Waals surface area contributed by atoms with Crippen molar-refractivity contribution in [3.63, 3.8) is 0 Å². The van der Waals surface area contributed by atoms with Gasteiger partial charge in [-0.2, -0.15) is 0 Å². The summed E-state index contributed by atoms with van der Waals surface area (Å²) in [5, 5.41) is -0.331. The second-order valence-corrected chi connectivity index (χ2v) is 6.17. The SMILES string of the molecule is CC(C)CC(=O)C1([SiH3])CCCCO1. The van der Waals surface area contributed by atoms with Crippen LogP contribution in [0.5, 0.6) is 0 Å². The van der Waals surface area contributed by atoms with E-state index in [9.17, 15) is 4.79 Å². The van der Waals surface area contributed by atoms with Crippen LogP contribution in [0.1, 0.15) is 39.5 Å². The van der Waals surface area contributed by atoms with E-state index in [-0.39, 0.29) is 5.22 Å². The number of Topliss-reactive ketones (excluding diaryl/α,β-unsaturated/α-hetero) is 1. The third kappa shape index (κ3) is 2.92. The van der Waals surface area contributed by atoms with E-state index in [2.05, 4.69) is 13.8 Å². The molecule has 3 heteroatoms. The van der Waals surface area contributed by atoms with Crippen molar-refractivity contribution in [3.8, 4) is 0 Å². The van der Waals surface area contributed by atoms with Gasteiger partial charge in [-0.05, 0) is 25.2 Å². The fourth-order valence-corrected chi connectivity index (χ4v) is 2.50. The van der Waals surface area contributed by atoms with E-state index in [0.717, 1.165) is 36.1 Å². The van der Waals surface area contributed by atoms with Crippen molar-refractivity contribution in [2.24, 2.45) is 5.92 Å². The molecule has 0 saturated carbocycles. The van der Waals surface area contributed by atoms with Gasteiger partial charge in [0.1, 0.15) is 5.22 Å². The number of ether oxygens (including phenoxy) is 1.